The van der Waals surface area contributed by atoms with Gasteiger partial charge in [-0.05, 0) is 6.42 Å². The number of carbonyl (C=O) groups is 1. The molecule has 4 heteroatoms. The second-order valence-electron chi connectivity index (χ2n) is 6.47. The largest absolute Gasteiger partial charge is 0.468 e. The minimum Gasteiger partial charge on any atom is -0.468 e. The van der Waals surface area contributed by atoms with Gasteiger partial charge in [0.1, 0.15) is 4.83 Å². The summed E-state index contributed by atoms with van der Waals surface area (Å²) in [5.74, 6) is -0.193. The van der Waals surface area contributed by atoms with Crippen LogP contribution in [-0.4, -0.2) is 22.7 Å². The van der Waals surface area contributed by atoms with Gasteiger partial charge in [0.25, 0.3) is 0 Å². The molecule has 0 spiro atoms. The zero-order valence-electron chi connectivity index (χ0n) is 15.1. The average molecular weight is 456 g/mol. The first-order valence-corrected chi connectivity index (χ1v) is 11.3. The normalized spacial score (nSPS) is 13.7. The quantitative estimate of drug-likeness (QED) is 0.140. The molecule has 0 saturated heterocycles. The summed E-state index contributed by atoms with van der Waals surface area (Å²) in [6.07, 6.45) is 18.8. The summed E-state index contributed by atoms with van der Waals surface area (Å²) < 4.78 is 4.74. The zero-order valence-corrected chi connectivity index (χ0v) is 18.3. The van der Waals surface area contributed by atoms with Crippen LogP contribution in [0.5, 0.6) is 0 Å². The van der Waals surface area contributed by atoms with E-state index in [2.05, 4.69) is 38.8 Å². The average Bonchev–Trinajstić information content (AvgIpc) is 2.57. The molecule has 0 amide bonds. The molecule has 0 aliphatic carbocycles. The fraction of sp³-hybridized carbons (Fsp3) is 0.947. The van der Waals surface area contributed by atoms with Crippen LogP contribution in [0.4, 0.5) is 0 Å². The van der Waals surface area contributed by atoms with Gasteiger partial charge in [-0.25, -0.2) is 0 Å². The minimum atomic E-state index is -0.232. The molecule has 0 radical (unpaired) electrons. The van der Waals surface area contributed by atoms with E-state index in [1.54, 1.807) is 0 Å². The molecule has 0 aromatic heterocycles. The van der Waals surface area contributed by atoms with Gasteiger partial charge in [0.15, 0.2) is 0 Å². The molecule has 2 atom stereocenters. The van der Waals surface area contributed by atoms with E-state index in [1.807, 2.05) is 0 Å². The topological polar surface area (TPSA) is 26.3 Å². The molecule has 0 aliphatic rings. The van der Waals surface area contributed by atoms with Crippen LogP contribution in [-0.2, 0) is 9.53 Å². The molecular formula is C19H36Br2O2. The van der Waals surface area contributed by atoms with Crippen molar-refractivity contribution in [1.82, 2.24) is 0 Å². The van der Waals surface area contributed by atoms with Crippen molar-refractivity contribution < 1.29 is 9.53 Å². The highest BCUT2D eigenvalue weighted by Gasteiger charge is 2.23. The third kappa shape index (κ3) is 14.5. The first-order chi connectivity index (χ1) is 11.1. The third-order valence-electron chi connectivity index (χ3n) is 4.33. The Bertz CT molecular complexity index is 272. The van der Waals surface area contributed by atoms with Crippen molar-refractivity contribution in [3.05, 3.63) is 0 Å². The van der Waals surface area contributed by atoms with Crippen molar-refractivity contribution in [2.45, 2.75) is 106 Å². The smallest absolute Gasteiger partial charge is 0.320 e. The SMILES string of the molecule is CCCCCCCCCCCCCCCC(Br)C(Br)C(=O)OC. The number of hydrogen-bond donors (Lipinski definition) is 0. The molecule has 138 valence electrons. The van der Waals surface area contributed by atoms with Gasteiger partial charge in [0.2, 0.25) is 0 Å². The highest BCUT2D eigenvalue weighted by molar-refractivity contribution is 9.12. The molecule has 0 saturated carbocycles. The van der Waals surface area contributed by atoms with Crippen LogP contribution >= 0.6 is 31.9 Å². The molecule has 0 aliphatic heterocycles. The lowest BCUT2D eigenvalue weighted by molar-refractivity contribution is -0.139. The predicted octanol–water partition coefficient (Wildman–Crippen LogP) is 7.17. The lowest BCUT2D eigenvalue weighted by atomic mass is 10.0. The molecule has 0 aromatic carbocycles. The van der Waals surface area contributed by atoms with E-state index < -0.39 is 0 Å². The van der Waals surface area contributed by atoms with Crippen LogP contribution in [0.2, 0.25) is 0 Å². The Balaban J connectivity index is 3.26. The summed E-state index contributed by atoms with van der Waals surface area (Å²) in [5.41, 5.74) is 0. The van der Waals surface area contributed by atoms with E-state index in [4.69, 9.17) is 4.74 Å². The fourth-order valence-corrected chi connectivity index (χ4v) is 3.75. The molecular weight excluding hydrogens is 420 g/mol. The number of esters is 1. The number of rotatable bonds is 16. The lowest BCUT2D eigenvalue weighted by Gasteiger charge is -2.14. The number of alkyl halides is 2. The second kappa shape index (κ2) is 17.3. The number of methoxy groups -OCH3 is 1. The van der Waals surface area contributed by atoms with Crippen molar-refractivity contribution in [2.24, 2.45) is 0 Å². The lowest BCUT2D eigenvalue weighted by Crippen LogP contribution is -2.25. The second-order valence-corrected chi connectivity index (χ2v) is 8.63. The Kier molecular flexibility index (Phi) is 17.6. The monoisotopic (exact) mass is 454 g/mol. The fourth-order valence-electron chi connectivity index (χ4n) is 2.76. The Morgan fingerprint density at radius 2 is 1.17 bits per heavy atom. The Morgan fingerprint density at radius 3 is 1.57 bits per heavy atom. The molecule has 0 heterocycles. The van der Waals surface area contributed by atoms with Gasteiger partial charge in [0.05, 0.1) is 7.11 Å². The summed E-state index contributed by atoms with van der Waals surface area (Å²) in [6, 6.07) is 0. The third-order valence-corrected chi connectivity index (χ3v) is 7.04. The van der Waals surface area contributed by atoms with Gasteiger partial charge in [-0.15, -0.1) is 0 Å². The van der Waals surface area contributed by atoms with Crippen molar-refractivity contribution in [1.29, 1.82) is 0 Å². The van der Waals surface area contributed by atoms with Crippen LogP contribution in [0.25, 0.3) is 0 Å². The number of unbranched alkanes of at least 4 members (excludes halogenated alkanes) is 12. The number of hydrogen-bond acceptors (Lipinski definition) is 2. The van der Waals surface area contributed by atoms with Crippen LogP contribution in [0.3, 0.4) is 0 Å². The van der Waals surface area contributed by atoms with Crippen molar-refractivity contribution in [3.8, 4) is 0 Å². The molecule has 23 heavy (non-hydrogen) atoms. The Hall–Kier alpha value is 0.430. The van der Waals surface area contributed by atoms with Gasteiger partial charge in [-0.2, -0.15) is 0 Å². The van der Waals surface area contributed by atoms with Gasteiger partial charge in [-0.1, -0.05) is 122 Å². The Labute approximate surface area is 160 Å². The molecule has 2 nitrogen and oxygen atoms in total. The van der Waals surface area contributed by atoms with Gasteiger partial charge in [-0.3, -0.25) is 4.79 Å². The van der Waals surface area contributed by atoms with Crippen LogP contribution in [0.1, 0.15) is 96.8 Å². The minimum absolute atomic E-state index is 0.169. The number of carbonyl (C=O) groups excluding carboxylic acids is 1. The van der Waals surface area contributed by atoms with E-state index in [0.29, 0.717) is 0 Å². The van der Waals surface area contributed by atoms with E-state index in [-0.39, 0.29) is 15.6 Å². The molecule has 0 N–H and O–H groups in total. The Morgan fingerprint density at radius 1 is 0.783 bits per heavy atom. The summed E-state index contributed by atoms with van der Waals surface area (Å²) >= 11 is 6.96. The van der Waals surface area contributed by atoms with E-state index in [9.17, 15) is 4.79 Å². The zero-order chi connectivity index (χ0) is 17.3. The maximum atomic E-state index is 11.4. The van der Waals surface area contributed by atoms with Crippen molar-refractivity contribution >= 4 is 37.8 Å². The number of ether oxygens (including phenoxy) is 1. The van der Waals surface area contributed by atoms with E-state index in [0.717, 1.165) is 6.42 Å². The van der Waals surface area contributed by atoms with Gasteiger partial charge in [0, 0.05) is 4.83 Å². The molecule has 2 unspecified atom stereocenters. The summed E-state index contributed by atoms with van der Waals surface area (Å²) in [5, 5.41) is 0. The van der Waals surface area contributed by atoms with Crippen molar-refractivity contribution in [3.63, 3.8) is 0 Å². The first kappa shape index (κ1) is 23.4. The summed E-state index contributed by atoms with van der Waals surface area (Å²) in [6.45, 7) is 2.27. The molecule has 0 rings (SSSR count). The predicted molar refractivity (Wildman–Crippen MR) is 108 cm³/mol. The van der Waals surface area contributed by atoms with Crippen LogP contribution in [0, 0.1) is 0 Å². The highest BCUT2D eigenvalue weighted by Crippen LogP contribution is 2.22. The van der Waals surface area contributed by atoms with Crippen LogP contribution < -0.4 is 0 Å². The maximum Gasteiger partial charge on any atom is 0.320 e. The summed E-state index contributed by atoms with van der Waals surface area (Å²) in [7, 11) is 1.43. The van der Waals surface area contributed by atoms with Crippen LogP contribution in [0.15, 0.2) is 0 Å². The highest BCUT2D eigenvalue weighted by atomic mass is 79.9. The first-order valence-electron chi connectivity index (χ1n) is 9.49. The van der Waals surface area contributed by atoms with Gasteiger partial charge < -0.3 is 4.74 Å². The molecule has 0 fully saturated rings. The molecule has 0 bridgehead atoms. The molecule has 0 aromatic rings. The maximum absolute atomic E-state index is 11.4. The van der Waals surface area contributed by atoms with Crippen molar-refractivity contribution in [2.75, 3.05) is 7.11 Å². The van der Waals surface area contributed by atoms with Gasteiger partial charge >= 0.3 is 5.97 Å². The van der Waals surface area contributed by atoms with E-state index >= 15 is 0 Å². The van der Waals surface area contributed by atoms with E-state index in [1.165, 1.54) is 90.6 Å². The summed E-state index contributed by atoms with van der Waals surface area (Å²) in [4.78, 5) is 11.3. The number of halogens is 2. The standard InChI is InChI=1S/C19H36Br2O2/c1-3-4-5-6-7-8-9-10-11-12-13-14-15-16-17(20)18(21)19(22)23-2/h17-18H,3-16H2,1-2H3.